The van der Waals surface area contributed by atoms with E-state index in [1.807, 2.05) is 4.57 Å². The quantitative estimate of drug-likeness (QED) is 0.696. The molecule has 1 N–H and O–H groups in total. The molecular weight excluding hydrogens is 383 g/mol. The van der Waals surface area contributed by atoms with Crippen LogP contribution in [0.4, 0.5) is 4.39 Å². The van der Waals surface area contributed by atoms with Crippen molar-refractivity contribution in [2.45, 2.75) is 59.5 Å². The molecule has 3 atom stereocenters. The number of esters is 1. The van der Waals surface area contributed by atoms with Crippen LogP contribution >= 0.6 is 0 Å². The topological polar surface area (TPSA) is 60.3 Å². The van der Waals surface area contributed by atoms with Crippen LogP contribution in [0.2, 0.25) is 0 Å². The van der Waals surface area contributed by atoms with Gasteiger partial charge in [0.05, 0.1) is 12.2 Å². The lowest BCUT2D eigenvalue weighted by atomic mass is 9.78. The van der Waals surface area contributed by atoms with E-state index in [1.165, 1.54) is 18.6 Å². The third kappa shape index (κ3) is 4.74. The molecule has 0 aliphatic heterocycles. The molecule has 1 amide bonds. The standard InChI is InChI=1S/C24H31FN2O3/c1-5-30-24(29)20-13-22(18-9-11-19(25)12-10-18)27(17(20)4)14-23(28)26-21-8-6-7-15(2)16(21)3/h9-13,15-16,21H,5-8,14H2,1-4H3,(H,26,28)/t15-,16-,21+/m0/s1. The Morgan fingerprint density at radius 2 is 1.90 bits per heavy atom. The van der Waals surface area contributed by atoms with Gasteiger partial charge in [-0.3, -0.25) is 4.79 Å². The van der Waals surface area contributed by atoms with Gasteiger partial charge in [0.15, 0.2) is 0 Å². The first-order valence-corrected chi connectivity index (χ1v) is 10.7. The van der Waals surface area contributed by atoms with E-state index in [9.17, 15) is 14.0 Å². The number of halogens is 1. The molecule has 1 aliphatic rings. The number of aromatic nitrogens is 1. The Morgan fingerprint density at radius 3 is 2.57 bits per heavy atom. The molecule has 30 heavy (non-hydrogen) atoms. The molecule has 1 heterocycles. The molecule has 3 rings (SSSR count). The van der Waals surface area contributed by atoms with Gasteiger partial charge in [0.25, 0.3) is 0 Å². The number of amides is 1. The molecule has 162 valence electrons. The number of ether oxygens (including phenoxy) is 1. The van der Waals surface area contributed by atoms with Gasteiger partial charge >= 0.3 is 5.97 Å². The molecule has 0 unspecified atom stereocenters. The van der Waals surface area contributed by atoms with Crippen molar-refractivity contribution < 1.29 is 18.7 Å². The SMILES string of the molecule is CCOC(=O)c1cc(-c2ccc(F)cc2)n(CC(=O)N[C@@H]2CCC[C@H](C)[C@@H]2C)c1C. The van der Waals surface area contributed by atoms with Gasteiger partial charge < -0.3 is 14.6 Å². The minimum absolute atomic E-state index is 0.0848. The van der Waals surface area contributed by atoms with Crippen LogP contribution in [-0.4, -0.2) is 29.1 Å². The smallest absolute Gasteiger partial charge is 0.339 e. The lowest BCUT2D eigenvalue weighted by Crippen LogP contribution is -2.44. The van der Waals surface area contributed by atoms with Crippen LogP contribution in [0.25, 0.3) is 11.3 Å². The van der Waals surface area contributed by atoms with Crippen LogP contribution < -0.4 is 5.32 Å². The molecule has 1 aromatic heterocycles. The fourth-order valence-corrected chi connectivity index (χ4v) is 4.31. The highest BCUT2D eigenvalue weighted by Gasteiger charge is 2.29. The third-order valence-electron chi connectivity index (χ3n) is 6.36. The number of carbonyl (C=O) groups excluding carboxylic acids is 2. The Hall–Kier alpha value is -2.63. The van der Waals surface area contributed by atoms with Gasteiger partial charge in [0.1, 0.15) is 12.4 Å². The molecule has 6 heteroatoms. The lowest BCUT2D eigenvalue weighted by molar-refractivity contribution is -0.123. The van der Waals surface area contributed by atoms with Gasteiger partial charge in [0.2, 0.25) is 5.91 Å². The van der Waals surface area contributed by atoms with Crippen LogP contribution in [0.5, 0.6) is 0 Å². The average molecular weight is 415 g/mol. The number of rotatable bonds is 6. The van der Waals surface area contributed by atoms with Gasteiger partial charge in [-0.1, -0.05) is 26.7 Å². The van der Waals surface area contributed by atoms with Gasteiger partial charge in [-0.25, -0.2) is 9.18 Å². The second-order valence-electron chi connectivity index (χ2n) is 8.28. The molecule has 0 saturated heterocycles. The highest BCUT2D eigenvalue weighted by molar-refractivity contribution is 5.93. The second-order valence-corrected chi connectivity index (χ2v) is 8.28. The van der Waals surface area contributed by atoms with Gasteiger partial charge in [-0.15, -0.1) is 0 Å². The first kappa shape index (κ1) is 22.1. The number of nitrogens with one attached hydrogen (secondary N) is 1. The second kappa shape index (κ2) is 9.45. The number of carbonyl (C=O) groups is 2. The lowest BCUT2D eigenvalue weighted by Gasteiger charge is -2.34. The summed E-state index contributed by atoms with van der Waals surface area (Å²) >= 11 is 0. The van der Waals surface area contributed by atoms with Crippen LogP contribution in [0.1, 0.15) is 56.1 Å². The Morgan fingerprint density at radius 1 is 1.20 bits per heavy atom. The van der Waals surface area contributed by atoms with E-state index in [1.54, 1.807) is 32.0 Å². The summed E-state index contributed by atoms with van der Waals surface area (Å²) in [6.07, 6.45) is 3.30. The van der Waals surface area contributed by atoms with Crippen molar-refractivity contribution in [3.05, 3.63) is 47.4 Å². The highest BCUT2D eigenvalue weighted by Crippen LogP contribution is 2.30. The minimum Gasteiger partial charge on any atom is -0.462 e. The average Bonchev–Trinajstić information content (AvgIpc) is 3.03. The van der Waals surface area contributed by atoms with E-state index >= 15 is 0 Å². The number of hydrogen-bond donors (Lipinski definition) is 1. The van der Waals surface area contributed by atoms with Crippen molar-refractivity contribution in [3.63, 3.8) is 0 Å². The maximum Gasteiger partial charge on any atom is 0.339 e. The molecule has 5 nitrogen and oxygen atoms in total. The van der Waals surface area contributed by atoms with Crippen LogP contribution in [0.15, 0.2) is 30.3 Å². The molecule has 0 spiro atoms. The summed E-state index contributed by atoms with van der Waals surface area (Å²) in [5, 5.41) is 3.19. The molecule has 1 fully saturated rings. The van der Waals surface area contributed by atoms with Crippen molar-refractivity contribution in [2.24, 2.45) is 11.8 Å². The fourth-order valence-electron chi connectivity index (χ4n) is 4.31. The predicted octanol–water partition coefficient (Wildman–Crippen LogP) is 4.72. The molecule has 1 aromatic carbocycles. The van der Waals surface area contributed by atoms with E-state index < -0.39 is 5.97 Å². The van der Waals surface area contributed by atoms with Crippen molar-refractivity contribution in [1.82, 2.24) is 9.88 Å². The van der Waals surface area contributed by atoms with Crippen LogP contribution in [-0.2, 0) is 16.1 Å². The summed E-state index contributed by atoms with van der Waals surface area (Å²) in [7, 11) is 0. The van der Waals surface area contributed by atoms with E-state index in [0.717, 1.165) is 18.4 Å². The maximum atomic E-state index is 13.4. The fraction of sp³-hybridized carbons (Fsp3) is 0.500. The van der Waals surface area contributed by atoms with Crippen molar-refractivity contribution in [3.8, 4) is 11.3 Å². The zero-order valence-corrected chi connectivity index (χ0v) is 18.2. The summed E-state index contributed by atoms with van der Waals surface area (Å²) in [5.41, 5.74) is 2.51. The molecule has 1 aliphatic carbocycles. The number of nitrogens with zero attached hydrogens (tertiary/aromatic N) is 1. The van der Waals surface area contributed by atoms with E-state index in [-0.39, 0.29) is 30.9 Å². The predicted molar refractivity (Wildman–Crippen MR) is 115 cm³/mol. The summed E-state index contributed by atoms with van der Waals surface area (Å²) in [6.45, 7) is 8.35. The first-order chi connectivity index (χ1) is 14.3. The van der Waals surface area contributed by atoms with Gasteiger partial charge in [-0.2, -0.15) is 0 Å². The monoisotopic (exact) mass is 414 g/mol. The minimum atomic E-state index is -0.424. The highest BCUT2D eigenvalue weighted by atomic mass is 19.1. The number of hydrogen-bond acceptors (Lipinski definition) is 3. The molecule has 0 bridgehead atoms. The van der Waals surface area contributed by atoms with Crippen LogP contribution in [0.3, 0.4) is 0 Å². The molecule has 0 radical (unpaired) electrons. The Balaban J connectivity index is 1.88. The summed E-state index contributed by atoms with van der Waals surface area (Å²) in [6, 6.07) is 7.93. The van der Waals surface area contributed by atoms with E-state index in [0.29, 0.717) is 28.8 Å². The van der Waals surface area contributed by atoms with Crippen LogP contribution in [0, 0.1) is 24.6 Å². The third-order valence-corrected chi connectivity index (χ3v) is 6.36. The van der Waals surface area contributed by atoms with Gasteiger partial charge in [-0.05, 0) is 68.0 Å². The zero-order valence-electron chi connectivity index (χ0n) is 18.2. The van der Waals surface area contributed by atoms with Gasteiger partial charge in [0, 0.05) is 17.4 Å². The normalized spacial score (nSPS) is 21.3. The molecular formula is C24H31FN2O3. The summed E-state index contributed by atoms with van der Waals surface area (Å²) in [5.74, 6) is 0.172. The summed E-state index contributed by atoms with van der Waals surface area (Å²) < 4.78 is 20.4. The Bertz CT molecular complexity index is 904. The van der Waals surface area contributed by atoms with Crippen molar-refractivity contribution >= 4 is 11.9 Å². The number of benzene rings is 1. The molecule has 1 saturated carbocycles. The first-order valence-electron chi connectivity index (χ1n) is 10.7. The Labute approximate surface area is 177 Å². The molecule has 2 aromatic rings. The van der Waals surface area contributed by atoms with Crippen molar-refractivity contribution in [2.75, 3.05) is 6.61 Å². The summed E-state index contributed by atoms with van der Waals surface area (Å²) in [4.78, 5) is 25.3. The maximum absolute atomic E-state index is 13.4. The zero-order chi connectivity index (χ0) is 21.8. The largest absolute Gasteiger partial charge is 0.462 e. The Kier molecular flexibility index (Phi) is 6.95. The van der Waals surface area contributed by atoms with Crippen molar-refractivity contribution in [1.29, 1.82) is 0 Å². The van der Waals surface area contributed by atoms with E-state index in [2.05, 4.69) is 19.2 Å². The van der Waals surface area contributed by atoms with E-state index in [4.69, 9.17) is 4.74 Å².